The zero-order valence-electron chi connectivity index (χ0n) is 18.3. The molecule has 0 amide bonds. The third-order valence-electron chi connectivity index (χ3n) is 4.99. The molecule has 1 aliphatic carbocycles. The SMILES string of the molecule is COc1c(CO)cc(Cl)cc1S(=O)(=O)Nc1ccc(F)c(C#Cc2cnc(NC3CC3)nc2)c1F. The van der Waals surface area contributed by atoms with Crippen LogP contribution in [0.1, 0.15) is 29.5 Å². The number of aromatic nitrogens is 2. The van der Waals surface area contributed by atoms with E-state index < -0.39 is 44.4 Å². The summed E-state index contributed by atoms with van der Waals surface area (Å²) in [4.78, 5) is 7.79. The summed E-state index contributed by atoms with van der Waals surface area (Å²) >= 11 is 5.97. The summed E-state index contributed by atoms with van der Waals surface area (Å²) in [5.74, 6) is 3.04. The molecule has 12 heteroatoms. The highest BCUT2D eigenvalue weighted by molar-refractivity contribution is 7.92. The second-order valence-corrected chi connectivity index (χ2v) is 9.70. The van der Waals surface area contributed by atoms with E-state index in [4.69, 9.17) is 16.3 Å². The van der Waals surface area contributed by atoms with Gasteiger partial charge in [0, 0.05) is 29.0 Å². The Balaban J connectivity index is 1.64. The molecule has 1 fully saturated rings. The lowest BCUT2D eigenvalue weighted by molar-refractivity contribution is 0.272. The molecule has 3 N–H and O–H groups in total. The number of halogens is 3. The van der Waals surface area contributed by atoms with Crippen molar-refractivity contribution in [1.29, 1.82) is 0 Å². The van der Waals surface area contributed by atoms with Crippen LogP contribution in [0.4, 0.5) is 20.4 Å². The van der Waals surface area contributed by atoms with E-state index in [1.165, 1.54) is 25.6 Å². The van der Waals surface area contributed by atoms with Crippen molar-refractivity contribution in [2.75, 3.05) is 17.1 Å². The summed E-state index contributed by atoms with van der Waals surface area (Å²) in [6.45, 7) is -0.543. The van der Waals surface area contributed by atoms with E-state index in [1.807, 2.05) is 0 Å². The van der Waals surface area contributed by atoms with E-state index in [1.54, 1.807) is 0 Å². The van der Waals surface area contributed by atoms with E-state index in [-0.39, 0.29) is 16.3 Å². The first-order chi connectivity index (χ1) is 16.7. The molecule has 0 unspecified atom stereocenters. The predicted molar refractivity (Wildman–Crippen MR) is 126 cm³/mol. The van der Waals surface area contributed by atoms with Gasteiger partial charge in [-0.2, -0.15) is 0 Å². The van der Waals surface area contributed by atoms with Crippen molar-refractivity contribution >= 4 is 33.3 Å². The molecule has 1 heterocycles. The summed E-state index contributed by atoms with van der Waals surface area (Å²) in [5, 5.41) is 12.6. The molecule has 0 atom stereocenters. The Morgan fingerprint density at radius 2 is 1.91 bits per heavy atom. The Labute approximate surface area is 205 Å². The van der Waals surface area contributed by atoms with Crippen LogP contribution in [0.5, 0.6) is 5.75 Å². The number of nitrogens with zero attached hydrogens (tertiary/aromatic N) is 2. The molecule has 35 heavy (non-hydrogen) atoms. The van der Waals surface area contributed by atoms with Crippen LogP contribution in [0.2, 0.25) is 5.02 Å². The number of nitrogens with one attached hydrogen (secondary N) is 2. The lowest BCUT2D eigenvalue weighted by atomic mass is 10.1. The maximum Gasteiger partial charge on any atom is 0.265 e. The van der Waals surface area contributed by atoms with Gasteiger partial charge in [0.05, 0.1) is 30.5 Å². The molecule has 1 aliphatic rings. The number of methoxy groups -OCH3 is 1. The fraction of sp³-hybridized carbons (Fsp3) is 0.217. The molecular formula is C23H19ClF2N4O4S. The number of anilines is 2. The lowest BCUT2D eigenvalue weighted by Crippen LogP contribution is -2.16. The number of aliphatic hydroxyl groups is 1. The summed E-state index contributed by atoms with van der Waals surface area (Å²) in [6, 6.07) is 4.61. The second-order valence-electron chi connectivity index (χ2n) is 7.61. The van der Waals surface area contributed by atoms with Crippen LogP contribution >= 0.6 is 11.6 Å². The topological polar surface area (TPSA) is 113 Å². The highest BCUT2D eigenvalue weighted by Gasteiger charge is 2.25. The largest absolute Gasteiger partial charge is 0.495 e. The molecule has 8 nitrogen and oxygen atoms in total. The molecular weight excluding hydrogens is 502 g/mol. The average molecular weight is 521 g/mol. The van der Waals surface area contributed by atoms with Gasteiger partial charge in [-0.25, -0.2) is 27.2 Å². The first-order valence-corrected chi connectivity index (χ1v) is 12.2. The Kier molecular flexibility index (Phi) is 7.07. The summed E-state index contributed by atoms with van der Waals surface area (Å²) in [7, 11) is -3.23. The van der Waals surface area contributed by atoms with Gasteiger partial charge in [-0.3, -0.25) is 4.72 Å². The third kappa shape index (κ3) is 5.62. The number of aliphatic hydroxyl groups excluding tert-OH is 1. The monoisotopic (exact) mass is 520 g/mol. The Morgan fingerprint density at radius 1 is 1.20 bits per heavy atom. The Morgan fingerprint density at radius 3 is 2.54 bits per heavy atom. The highest BCUT2D eigenvalue weighted by atomic mass is 35.5. The van der Waals surface area contributed by atoms with Crippen LogP contribution in [0.15, 0.2) is 41.6 Å². The molecule has 3 aromatic rings. The van der Waals surface area contributed by atoms with Gasteiger partial charge >= 0.3 is 0 Å². The van der Waals surface area contributed by atoms with E-state index in [9.17, 15) is 17.9 Å². The average Bonchev–Trinajstić information content (AvgIpc) is 3.65. The van der Waals surface area contributed by atoms with Crippen LogP contribution < -0.4 is 14.8 Å². The van der Waals surface area contributed by atoms with Gasteiger partial charge in [0.15, 0.2) is 5.82 Å². The first kappa shape index (κ1) is 24.7. The molecule has 1 aromatic heterocycles. The summed E-state index contributed by atoms with van der Waals surface area (Å²) in [5.41, 5.74) is -0.744. The first-order valence-electron chi connectivity index (χ1n) is 10.3. The van der Waals surface area contributed by atoms with Crippen LogP contribution in [-0.2, 0) is 16.6 Å². The fourth-order valence-electron chi connectivity index (χ4n) is 3.13. The maximum absolute atomic E-state index is 15.1. The van der Waals surface area contributed by atoms with Crippen molar-refractivity contribution in [1.82, 2.24) is 9.97 Å². The minimum atomic E-state index is -4.45. The smallest absolute Gasteiger partial charge is 0.265 e. The van der Waals surface area contributed by atoms with Crippen LogP contribution in [0.3, 0.4) is 0 Å². The molecule has 0 spiro atoms. The van der Waals surface area contributed by atoms with Crippen molar-refractivity contribution in [3.8, 4) is 17.6 Å². The lowest BCUT2D eigenvalue weighted by Gasteiger charge is -2.15. The van der Waals surface area contributed by atoms with Crippen molar-refractivity contribution in [2.24, 2.45) is 0 Å². The minimum absolute atomic E-state index is 0.0157. The number of rotatable bonds is 7. The van der Waals surface area contributed by atoms with Gasteiger partial charge in [0.2, 0.25) is 5.95 Å². The number of benzene rings is 2. The molecule has 182 valence electrons. The zero-order valence-corrected chi connectivity index (χ0v) is 19.8. The third-order valence-corrected chi connectivity index (χ3v) is 6.58. The van der Waals surface area contributed by atoms with E-state index in [0.29, 0.717) is 17.6 Å². The molecule has 0 bridgehead atoms. The van der Waals surface area contributed by atoms with E-state index in [2.05, 4.69) is 31.8 Å². The molecule has 0 saturated heterocycles. The van der Waals surface area contributed by atoms with E-state index >= 15 is 4.39 Å². The fourth-order valence-corrected chi connectivity index (χ4v) is 4.73. The van der Waals surface area contributed by atoms with Crippen LogP contribution in [0, 0.1) is 23.5 Å². The summed E-state index contributed by atoms with van der Waals surface area (Å²) < 4.78 is 62.6. The van der Waals surface area contributed by atoms with Crippen molar-refractivity contribution in [2.45, 2.75) is 30.4 Å². The number of hydrogen-bond acceptors (Lipinski definition) is 7. The van der Waals surface area contributed by atoms with Gasteiger partial charge in [0.1, 0.15) is 16.5 Å². The minimum Gasteiger partial charge on any atom is -0.495 e. The molecule has 1 saturated carbocycles. The zero-order chi connectivity index (χ0) is 25.2. The predicted octanol–water partition coefficient (Wildman–Crippen LogP) is 3.68. The number of ether oxygens (including phenoxy) is 1. The van der Waals surface area contributed by atoms with Crippen LogP contribution in [-0.4, -0.2) is 36.6 Å². The Hall–Kier alpha value is -3.46. The van der Waals surface area contributed by atoms with Gasteiger partial charge in [-0.15, -0.1) is 0 Å². The molecule has 2 aromatic carbocycles. The van der Waals surface area contributed by atoms with Gasteiger partial charge in [-0.05, 0) is 37.1 Å². The molecule has 0 aliphatic heterocycles. The molecule has 0 radical (unpaired) electrons. The maximum atomic E-state index is 15.1. The summed E-state index contributed by atoms with van der Waals surface area (Å²) in [6.07, 6.45) is 4.93. The highest BCUT2D eigenvalue weighted by Crippen LogP contribution is 2.34. The molecule has 4 rings (SSSR count). The normalized spacial score (nSPS) is 13.1. The standard InChI is InChI=1S/C23H19ClF2N4O4S/c1-34-22-14(12-31)8-15(24)9-20(22)35(32,33)30-19-7-6-18(25)17(21(19)26)5-2-13-10-27-23(28-11-13)29-16-3-4-16/h6-11,16,30-31H,3-4,12H2,1H3,(H,27,28,29). The van der Waals surface area contributed by atoms with Crippen molar-refractivity contribution in [3.63, 3.8) is 0 Å². The Bertz CT molecular complexity index is 1440. The second kappa shape index (κ2) is 10.0. The number of hydrogen-bond donors (Lipinski definition) is 3. The quantitative estimate of drug-likeness (QED) is 0.407. The number of sulfonamides is 1. The van der Waals surface area contributed by atoms with Gasteiger partial charge in [-0.1, -0.05) is 23.4 Å². The van der Waals surface area contributed by atoms with Gasteiger partial charge < -0.3 is 15.2 Å². The van der Waals surface area contributed by atoms with Crippen molar-refractivity contribution in [3.05, 3.63) is 70.0 Å². The van der Waals surface area contributed by atoms with Gasteiger partial charge in [0.25, 0.3) is 10.0 Å². The van der Waals surface area contributed by atoms with Crippen molar-refractivity contribution < 1.29 is 27.0 Å². The van der Waals surface area contributed by atoms with Crippen LogP contribution in [0.25, 0.3) is 0 Å². The van der Waals surface area contributed by atoms with E-state index in [0.717, 1.165) is 31.0 Å².